The fraction of sp³-hybridized carbons (Fsp3) is 0.261. The molecule has 0 saturated carbocycles. The quantitative estimate of drug-likeness (QED) is 0.206. The molecule has 0 unspecified atom stereocenters. The van der Waals surface area contributed by atoms with Gasteiger partial charge in [0.05, 0.1) is 22.1 Å². The normalized spacial score (nSPS) is 23.5. The minimum Gasteiger partial charge on any atom is -0.459 e. The molecule has 0 aliphatic carbocycles. The van der Waals surface area contributed by atoms with Crippen molar-refractivity contribution in [3.8, 4) is 0 Å². The molecule has 2 amide bonds. The van der Waals surface area contributed by atoms with Crippen molar-refractivity contribution in [1.29, 1.82) is 0 Å². The van der Waals surface area contributed by atoms with Crippen molar-refractivity contribution in [2.24, 2.45) is 0 Å². The number of amides is 2. The Kier molecular flexibility index (Phi) is 6.55. The standard InChI is InChI=1S/C23H21N3O7S/c1-14-13-34(32)22-19(24-18(27)11-15-5-3-2-4-6-15)21(28)25(22)20(14)23(29)33-12-16-7-9-17(10-8-16)26(30)31/h2-10,19-20,22H,1,11-13H2,(H,24,27)/t19-,20-,22-,34+/m1/s1. The van der Waals surface area contributed by atoms with E-state index >= 15 is 0 Å². The number of nitrogens with zero attached hydrogens (tertiary/aromatic N) is 2. The minimum atomic E-state index is -1.54. The van der Waals surface area contributed by atoms with Gasteiger partial charge in [0.25, 0.3) is 5.69 Å². The van der Waals surface area contributed by atoms with Gasteiger partial charge in [0.15, 0.2) is 6.04 Å². The molecule has 0 spiro atoms. The molecule has 0 radical (unpaired) electrons. The lowest BCUT2D eigenvalue weighted by Gasteiger charge is -2.52. The van der Waals surface area contributed by atoms with Crippen molar-refractivity contribution in [2.45, 2.75) is 30.5 Å². The second kappa shape index (κ2) is 9.56. The molecule has 10 nitrogen and oxygen atoms in total. The Labute approximate surface area is 197 Å². The molecule has 2 aliphatic heterocycles. The first-order chi connectivity index (χ1) is 16.3. The zero-order valence-corrected chi connectivity index (χ0v) is 18.7. The topological polar surface area (TPSA) is 136 Å². The molecular formula is C23H21N3O7S. The molecule has 176 valence electrons. The van der Waals surface area contributed by atoms with Crippen molar-refractivity contribution < 1.29 is 28.3 Å². The van der Waals surface area contributed by atoms with Gasteiger partial charge >= 0.3 is 5.97 Å². The summed E-state index contributed by atoms with van der Waals surface area (Å²) in [6, 6.07) is 12.4. The Morgan fingerprint density at radius 2 is 1.82 bits per heavy atom. The van der Waals surface area contributed by atoms with E-state index in [0.29, 0.717) is 5.56 Å². The lowest BCUT2D eigenvalue weighted by atomic mass is 9.98. The molecule has 2 aromatic rings. The summed E-state index contributed by atoms with van der Waals surface area (Å²) >= 11 is 0. The lowest BCUT2D eigenvalue weighted by molar-refractivity contribution is -0.384. The maximum atomic E-state index is 12.8. The smallest absolute Gasteiger partial charge is 0.333 e. The van der Waals surface area contributed by atoms with E-state index in [0.717, 1.165) is 10.5 Å². The van der Waals surface area contributed by atoms with Crippen LogP contribution in [0.2, 0.25) is 0 Å². The number of benzene rings is 2. The average molecular weight is 484 g/mol. The Morgan fingerprint density at radius 1 is 1.15 bits per heavy atom. The largest absolute Gasteiger partial charge is 0.459 e. The molecule has 2 saturated heterocycles. The van der Waals surface area contributed by atoms with Crippen LogP contribution >= 0.6 is 0 Å². The third kappa shape index (κ3) is 4.60. The zero-order valence-electron chi connectivity index (χ0n) is 17.9. The molecule has 2 aromatic carbocycles. The van der Waals surface area contributed by atoms with Crippen molar-refractivity contribution in [3.63, 3.8) is 0 Å². The number of nitro benzene ring substituents is 1. The highest BCUT2D eigenvalue weighted by Crippen LogP contribution is 2.35. The molecule has 2 aliphatic rings. The first-order valence-electron chi connectivity index (χ1n) is 10.4. The molecule has 0 bridgehead atoms. The number of hydrogen-bond acceptors (Lipinski definition) is 7. The number of carbonyl (C=O) groups is 3. The van der Waals surface area contributed by atoms with Crippen LogP contribution in [-0.2, 0) is 42.9 Å². The maximum Gasteiger partial charge on any atom is 0.333 e. The highest BCUT2D eigenvalue weighted by atomic mass is 32.2. The summed E-state index contributed by atoms with van der Waals surface area (Å²) in [6.07, 6.45) is 0.0669. The first-order valence-corrected chi connectivity index (χ1v) is 11.7. The fourth-order valence-electron chi connectivity index (χ4n) is 3.95. The van der Waals surface area contributed by atoms with E-state index in [2.05, 4.69) is 11.9 Å². The van der Waals surface area contributed by atoms with Crippen molar-refractivity contribution in [2.75, 3.05) is 5.75 Å². The molecular weight excluding hydrogens is 462 g/mol. The number of nitro groups is 1. The highest BCUT2D eigenvalue weighted by molar-refractivity contribution is 7.86. The predicted molar refractivity (Wildman–Crippen MR) is 122 cm³/mol. The van der Waals surface area contributed by atoms with E-state index < -0.39 is 45.1 Å². The van der Waals surface area contributed by atoms with Crippen LogP contribution in [0.1, 0.15) is 11.1 Å². The van der Waals surface area contributed by atoms with Gasteiger partial charge in [0.2, 0.25) is 11.8 Å². The average Bonchev–Trinajstić information content (AvgIpc) is 2.81. The second-order valence-corrected chi connectivity index (χ2v) is 9.49. The van der Waals surface area contributed by atoms with Gasteiger partial charge in [-0.25, -0.2) is 4.79 Å². The van der Waals surface area contributed by atoms with Crippen LogP contribution in [0.15, 0.2) is 66.7 Å². The molecule has 0 aromatic heterocycles. The van der Waals surface area contributed by atoms with Gasteiger partial charge in [0.1, 0.15) is 18.0 Å². The van der Waals surface area contributed by atoms with Gasteiger partial charge in [0, 0.05) is 17.9 Å². The van der Waals surface area contributed by atoms with Crippen LogP contribution in [-0.4, -0.2) is 55.0 Å². The first kappa shape index (κ1) is 23.3. The number of β-lactam (4-membered cyclic amide) rings is 1. The SMILES string of the molecule is C=C1C[S@](=O)[C@@H]2[C@H](NC(=O)Cc3ccccc3)C(=O)N2[C@H]1C(=O)OCc1ccc([N+](=O)[O-])cc1. The van der Waals surface area contributed by atoms with Gasteiger partial charge < -0.3 is 15.0 Å². The number of nitrogens with one attached hydrogen (secondary N) is 1. The highest BCUT2D eigenvalue weighted by Gasteiger charge is 2.59. The molecule has 4 atom stereocenters. The van der Waals surface area contributed by atoms with Crippen LogP contribution in [0.4, 0.5) is 5.69 Å². The van der Waals surface area contributed by atoms with E-state index in [9.17, 15) is 28.7 Å². The summed E-state index contributed by atoms with van der Waals surface area (Å²) < 4.78 is 18.0. The molecule has 2 heterocycles. The molecule has 2 fully saturated rings. The van der Waals surface area contributed by atoms with Crippen LogP contribution in [0, 0.1) is 10.1 Å². The summed E-state index contributed by atoms with van der Waals surface area (Å²) in [6.45, 7) is 3.64. The van der Waals surface area contributed by atoms with Crippen molar-refractivity contribution >= 4 is 34.3 Å². The number of ether oxygens (including phenoxy) is 1. The number of esters is 1. The van der Waals surface area contributed by atoms with Gasteiger partial charge in [-0.3, -0.25) is 23.9 Å². The monoisotopic (exact) mass is 483 g/mol. The lowest BCUT2D eigenvalue weighted by Crippen LogP contribution is -2.77. The van der Waals surface area contributed by atoms with Crippen LogP contribution in [0.25, 0.3) is 0 Å². The predicted octanol–water partition coefficient (Wildman–Crippen LogP) is 1.22. The minimum absolute atomic E-state index is 0.00317. The molecule has 34 heavy (non-hydrogen) atoms. The molecule has 11 heteroatoms. The van der Waals surface area contributed by atoms with Gasteiger partial charge in [-0.2, -0.15) is 0 Å². The van der Waals surface area contributed by atoms with Crippen LogP contribution < -0.4 is 5.32 Å². The third-order valence-corrected chi connectivity index (χ3v) is 7.31. The maximum absolute atomic E-state index is 12.8. The summed E-state index contributed by atoms with van der Waals surface area (Å²) in [7, 11) is -1.54. The van der Waals surface area contributed by atoms with Crippen LogP contribution in [0.3, 0.4) is 0 Å². The second-order valence-electron chi connectivity index (χ2n) is 7.96. The number of non-ortho nitro benzene ring substituents is 1. The number of rotatable bonds is 7. The Morgan fingerprint density at radius 3 is 2.47 bits per heavy atom. The van der Waals surface area contributed by atoms with Crippen molar-refractivity contribution in [1.82, 2.24) is 10.2 Å². The Balaban J connectivity index is 1.40. The van der Waals surface area contributed by atoms with Crippen LogP contribution in [0.5, 0.6) is 0 Å². The summed E-state index contributed by atoms with van der Waals surface area (Å²) in [5.41, 5.74) is 1.49. The molecule has 4 rings (SSSR count). The summed E-state index contributed by atoms with van der Waals surface area (Å²) in [4.78, 5) is 49.4. The van der Waals surface area contributed by atoms with Crippen molar-refractivity contribution in [3.05, 3.63) is 88.0 Å². The third-order valence-electron chi connectivity index (χ3n) is 5.62. The van der Waals surface area contributed by atoms with E-state index in [1.54, 1.807) is 24.3 Å². The summed E-state index contributed by atoms with van der Waals surface area (Å²) in [5.74, 6) is -1.66. The number of hydrogen-bond donors (Lipinski definition) is 1. The molecule has 1 N–H and O–H groups in total. The van der Waals surface area contributed by atoms with E-state index in [1.165, 1.54) is 24.3 Å². The Bertz CT molecular complexity index is 1180. The van der Waals surface area contributed by atoms with E-state index in [-0.39, 0.29) is 35.9 Å². The van der Waals surface area contributed by atoms with Gasteiger partial charge in [-0.1, -0.05) is 36.9 Å². The zero-order chi connectivity index (χ0) is 24.4. The van der Waals surface area contributed by atoms with Gasteiger partial charge in [-0.05, 0) is 28.8 Å². The number of carbonyl (C=O) groups excluding carboxylic acids is 3. The van der Waals surface area contributed by atoms with E-state index in [4.69, 9.17) is 4.74 Å². The van der Waals surface area contributed by atoms with Gasteiger partial charge in [-0.15, -0.1) is 0 Å². The Hall–Kier alpha value is -3.86. The fourth-order valence-corrected chi connectivity index (χ4v) is 5.61. The summed E-state index contributed by atoms with van der Waals surface area (Å²) in [5, 5.41) is 12.5. The number of fused-ring (bicyclic) bond motifs is 1. The van der Waals surface area contributed by atoms with E-state index in [1.807, 2.05) is 6.07 Å².